The molecule has 3 rings (SSSR count). The van der Waals surface area contributed by atoms with E-state index >= 15 is 0 Å². The molecule has 2 atom stereocenters. The molecule has 0 aromatic heterocycles. The van der Waals surface area contributed by atoms with Crippen molar-refractivity contribution in [2.24, 2.45) is 5.92 Å². The summed E-state index contributed by atoms with van der Waals surface area (Å²) in [5, 5.41) is 52.3. The molecule has 0 heterocycles. The molecule has 2 aliphatic rings. The van der Waals surface area contributed by atoms with Gasteiger partial charge in [-0.05, 0) is 16.7 Å². The zero-order chi connectivity index (χ0) is 19.9. The van der Waals surface area contributed by atoms with Crippen molar-refractivity contribution in [3.05, 3.63) is 88.8 Å². The Hall–Kier alpha value is -4.38. The van der Waals surface area contributed by atoms with Gasteiger partial charge < -0.3 is 0 Å². The smallest absolute Gasteiger partial charge is 0.259 e. The van der Waals surface area contributed by atoms with Crippen LogP contribution in [-0.2, 0) is 0 Å². The van der Waals surface area contributed by atoms with E-state index < -0.39 is 43.6 Å². The number of nitriles is 2. The van der Waals surface area contributed by atoms with Crippen LogP contribution in [0.15, 0.2) is 47.3 Å². The van der Waals surface area contributed by atoms with Crippen LogP contribution < -0.4 is 0 Å². The fourth-order valence-electron chi connectivity index (χ4n) is 3.42. The summed E-state index contributed by atoms with van der Waals surface area (Å²) >= 11 is 0. The van der Waals surface area contributed by atoms with Crippen molar-refractivity contribution in [1.82, 2.24) is 0 Å². The van der Waals surface area contributed by atoms with Crippen molar-refractivity contribution in [3.8, 4) is 12.1 Å². The molecule has 0 saturated heterocycles. The van der Waals surface area contributed by atoms with Crippen LogP contribution in [0.4, 0.5) is 5.69 Å². The second kappa shape index (κ2) is 6.16. The molecule has 132 valence electrons. The molecule has 0 saturated carbocycles. The topological polar surface area (TPSA) is 177 Å². The number of fused-ring (bicyclic) bond motifs is 3. The van der Waals surface area contributed by atoms with Crippen LogP contribution in [0.1, 0.15) is 17.0 Å². The maximum absolute atomic E-state index is 11.5. The fourth-order valence-corrected chi connectivity index (χ4v) is 3.42. The van der Waals surface area contributed by atoms with Crippen LogP contribution in [0.2, 0.25) is 0 Å². The molecule has 0 spiro atoms. The summed E-state index contributed by atoms with van der Waals surface area (Å²) in [6, 6.07) is 6.92. The zero-order valence-corrected chi connectivity index (χ0v) is 13.2. The third kappa shape index (κ3) is 2.60. The molecular formula is C16H7N5O6. The molecular weight excluding hydrogens is 358 g/mol. The predicted octanol–water partition coefficient (Wildman–Crippen LogP) is 2.44. The lowest BCUT2D eigenvalue weighted by molar-refractivity contribution is -0.440. The van der Waals surface area contributed by atoms with Gasteiger partial charge in [-0.25, -0.2) is 0 Å². The molecule has 0 aliphatic heterocycles. The maximum atomic E-state index is 11.5. The van der Waals surface area contributed by atoms with Gasteiger partial charge in [0.2, 0.25) is 0 Å². The Labute approximate surface area is 150 Å². The minimum atomic E-state index is -1.03. The normalized spacial score (nSPS) is 19.6. The first-order valence-electron chi connectivity index (χ1n) is 7.35. The number of nitro benzene ring substituents is 1. The molecule has 0 amide bonds. The van der Waals surface area contributed by atoms with Gasteiger partial charge in [-0.3, -0.25) is 30.3 Å². The Bertz CT molecular complexity index is 1090. The Morgan fingerprint density at radius 2 is 1.67 bits per heavy atom. The lowest BCUT2D eigenvalue weighted by atomic mass is 9.82. The van der Waals surface area contributed by atoms with Crippen LogP contribution in [0, 0.1) is 58.9 Å². The molecule has 0 N–H and O–H groups in total. The largest absolute Gasteiger partial charge is 0.272 e. The van der Waals surface area contributed by atoms with Crippen LogP contribution >= 0.6 is 0 Å². The Morgan fingerprint density at radius 3 is 2.19 bits per heavy atom. The highest BCUT2D eigenvalue weighted by atomic mass is 16.6. The van der Waals surface area contributed by atoms with Gasteiger partial charge in [-0.1, -0.05) is 6.07 Å². The summed E-state index contributed by atoms with van der Waals surface area (Å²) in [6.07, 6.45) is 1.96. The van der Waals surface area contributed by atoms with Gasteiger partial charge in [-0.15, -0.1) is 0 Å². The van der Waals surface area contributed by atoms with E-state index in [1.165, 1.54) is 6.07 Å². The van der Waals surface area contributed by atoms with Crippen molar-refractivity contribution in [2.45, 2.75) is 5.92 Å². The van der Waals surface area contributed by atoms with Crippen LogP contribution in [0.5, 0.6) is 0 Å². The summed E-state index contributed by atoms with van der Waals surface area (Å²) < 4.78 is 0. The van der Waals surface area contributed by atoms with Crippen molar-refractivity contribution < 1.29 is 14.8 Å². The molecule has 1 aromatic carbocycles. The quantitative estimate of drug-likeness (QED) is 0.445. The van der Waals surface area contributed by atoms with Gasteiger partial charge in [0.05, 0.1) is 26.8 Å². The van der Waals surface area contributed by atoms with E-state index in [-0.39, 0.29) is 16.8 Å². The second-order valence-corrected chi connectivity index (χ2v) is 5.72. The maximum Gasteiger partial charge on any atom is 0.272 e. The number of hydrogen-bond donors (Lipinski definition) is 0. The number of allylic oxidation sites excluding steroid dienone is 5. The highest BCUT2D eigenvalue weighted by Crippen LogP contribution is 2.54. The third-order valence-corrected chi connectivity index (χ3v) is 4.44. The summed E-state index contributed by atoms with van der Waals surface area (Å²) in [6.45, 7) is 0. The third-order valence-electron chi connectivity index (χ3n) is 4.44. The Kier molecular flexibility index (Phi) is 3.98. The first-order chi connectivity index (χ1) is 12.8. The van der Waals surface area contributed by atoms with E-state index in [4.69, 9.17) is 0 Å². The fraction of sp³-hybridized carbons (Fsp3) is 0.125. The summed E-state index contributed by atoms with van der Waals surface area (Å²) in [5.41, 5.74) is -1.32. The first-order valence-corrected chi connectivity index (χ1v) is 7.35. The van der Waals surface area contributed by atoms with Gasteiger partial charge in [-0.2, -0.15) is 10.5 Å². The van der Waals surface area contributed by atoms with Crippen molar-refractivity contribution in [3.63, 3.8) is 0 Å². The molecule has 0 radical (unpaired) electrons. The van der Waals surface area contributed by atoms with Gasteiger partial charge in [0.15, 0.2) is 0 Å². The van der Waals surface area contributed by atoms with Crippen LogP contribution in [0.25, 0.3) is 5.57 Å². The van der Waals surface area contributed by atoms with E-state index in [9.17, 15) is 40.9 Å². The molecule has 1 aromatic rings. The average Bonchev–Trinajstić information content (AvgIpc) is 2.95. The van der Waals surface area contributed by atoms with Crippen molar-refractivity contribution in [1.29, 1.82) is 10.5 Å². The zero-order valence-electron chi connectivity index (χ0n) is 13.2. The lowest BCUT2D eigenvalue weighted by Crippen LogP contribution is -2.20. The molecule has 27 heavy (non-hydrogen) atoms. The van der Waals surface area contributed by atoms with Gasteiger partial charge in [0.1, 0.15) is 17.7 Å². The van der Waals surface area contributed by atoms with Crippen molar-refractivity contribution in [2.75, 3.05) is 0 Å². The van der Waals surface area contributed by atoms with E-state index in [0.717, 1.165) is 24.3 Å². The molecule has 0 bridgehead atoms. The summed E-state index contributed by atoms with van der Waals surface area (Å²) in [5.74, 6) is -2.02. The standard InChI is InChI=1S/C16H7N5O6/c17-6-8(7-18)15-12-3-9(19(22)23)1-2-11(12)16-13(15)4-10(20(24)25)5-14(16)21(26)27/h1-5,13,16H/t13-,16+/m0/s1. The monoisotopic (exact) mass is 365 g/mol. The van der Waals surface area contributed by atoms with Gasteiger partial charge >= 0.3 is 0 Å². The number of hydrogen-bond acceptors (Lipinski definition) is 8. The molecule has 0 unspecified atom stereocenters. The van der Waals surface area contributed by atoms with Crippen molar-refractivity contribution >= 4 is 11.3 Å². The minimum Gasteiger partial charge on any atom is -0.259 e. The van der Waals surface area contributed by atoms with Gasteiger partial charge in [0.25, 0.3) is 17.1 Å². The number of benzene rings is 1. The molecule has 0 fully saturated rings. The van der Waals surface area contributed by atoms with E-state index in [1.807, 2.05) is 0 Å². The molecule has 11 heteroatoms. The molecule has 2 aliphatic carbocycles. The molecule has 11 nitrogen and oxygen atoms in total. The Balaban J connectivity index is 2.39. The van der Waals surface area contributed by atoms with E-state index in [0.29, 0.717) is 5.56 Å². The predicted molar refractivity (Wildman–Crippen MR) is 87.6 cm³/mol. The van der Waals surface area contributed by atoms with E-state index in [1.54, 1.807) is 12.1 Å². The summed E-state index contributed by atoms with van der Waals surface area (Å²) in [4.78, 5) is 31.5. The first kappa shape index (κ1) is 17.4. The lowest BCUT2D eigenvalue weighted by Gasteiger charge is -2.18. The van der Waals surface area contributed by atoms with Gasteiger partial charge in [0, 0.05) is 24.1 Å². The van der Waals surface area contributed by atoms with E-state index in [2.05, 4.69) is 0 Å². The SMILES string of the molecule is N#CC(C#N)=C1c2cc([N+](=O)[O-])ccc2[C@H]2C([N+](=O)[O-])=CC([N+](=O)[O-])=C[C@@H]12. The highest BCUT2D eigenvalue weighted by Gasteiger charge is 2.48. The number of non-ortho nitro benzene ring substituents is 1. The summed E-state index contributed by atoms with van der Waals surface area (Å²) in [7, 11) is 0. The van der Waals surface area contributed by atoms with Crippen LogP contribution in [-0.4, -0.2) is 14.8 Å². The number of nitrogens with zero attached hydrogens (tertiary/aromatic N) is 5. The Morgan fingerprint density at radius 1 is 1.00 bits per heavy atom. The average molecular weight is 365 g/mol. The van der Waals surface area contributed by atoms with Crippen LogP contribution in [0.3, 0.4) is 0 Å². The number of rotatable bonds is 3. The minimum absolute atomic E-state index is 0.00972. The second-order valence-electron chi connectivity index (χ2n) is 5.72. The number of nitro groups is 3. The highest BCUT2D eigenvalue weighted by molar-refractivity contribution is 5.86.